The van der Waals surface area contributed by atoms with Crippen molar-refractivity contribution >= 4 is 17.5 Å². The van der Waals surface area contributed by atoms with Gasteiger partial charge in [-0.1, -0.05) is 81.5 Å². The van der Waals surface area contributed by atoms with Gasteiger partial charge in [0.05, 0.1) is 25.9 Å². The Labute approximate surface area is 300 Å². The molecule has 0 heterocycles. The molecule has 0 aromatic rings. The number of hydrogen-bond acceptors (Lipinski definition) is 9. The Bertz CT molecular complexity index is 1200. The zero-order valence-corrected chi connectivity index (χ0v) is 31.5. The SMILES string of the molecule is C=C/C(C)=C/C=C/C=C/[C@@H](C)C[C@@H](C)C(=O)[C@H](OC)[C@H](O)/C(C)=C/[C@@H](C)C(=O)/C=C/CC[C@H]1CC[C@H](OCCOC(=O)C(C)(CO)CO)CC1. The Morgan fingerprint density at radius 3 is 2.24 bits per heavy atom. The van der Waals surface area contributed by atoms with Gasteiger partial charge in [0.1, 0.15) is 24.2 Å². The van der Waals surface area contributed by atoms with Gasteiger partial charge in [0.15, 0.2) is 11.6 Å². The highest BCUT2D eigenvalue weighted by Gasteiger charge is 2.34. The molecule has 1 aliphatic carbocycles. The molecule has 0 aromatic heterocycles. The Kier molecular flexibility index (Phi) is 21.9. The summed E-state index contributed by atoms with van der Waals surface area (Å²) in [7, 11) is 1.42. The number of allylic oxidation sites excluding steroid dienone is 10. The molecule has 50 heavy (non-hydrogen) atoms. The minimum Gasteiger partial charge on any atom is -0.463 e. The third-order valence-electron chi connectivity index (χ3n) is 9.48. The maximum atomic E-state index is 13.2. The third kappa shape index (κ3) is 16.4. The normalized spacial score (nSPS) is 20.9. The second kappa shape index (κ2) is 24.3. The molecule has 0 aromatic carbocycles. The fourth-order valence-electron chi connectivity index (χ4n) is 5.81. The molecule has 0 aliphatic heterocycles. The van der Waals surface area contributed by atoms with Crippen LogP contribution in [0.2, 0.25) is 0 Å². The lowest BCUT2D eigenvalue weighted by Gasteiger charge is -2.28. The van der Waals surface area contributed by atoms with Gasteiger partial charge in [0, 0.05) is 18.9 Å². The van der Waals surface area contributed by atoms with Crippen LogP contribution in [0, 0.1) is 29.1 Å². The third-order valence-corrected chi connectivity index (χ3v) is 9.48. The highest BCUT2D eigenvalue weighted by atomic mass is 16.6. The quantitative estimate of drug-likeness (QED) is 0.0342. The number of ether oxygens (including phenoxy) is 3. The van der Waals surface area contributed by atoms with Gasteiger partial charge in [-0.2, -0.15) is 0 Å². The maximum Gasteiger partial charge on any atom is 0.316 e. The number of carbonyl (C=O) groups is 3. The van der Waals surface area contributed by atoms with Crippen LogP contribution in [-0.4, -0.2) is 84.7 Å². The van der Waals surface area contributed by atoms with Gasteiger partial charge < -0.3 is 29.5 Å². The van der Waals surface area contributed by atoms with Crippen molar-refractivity contribution in [3.63, 3.8) is 0 Å². The van der Waals surface area contributed by atoms with E-state index in [0.29, 0.717) is 17.9 Å². The summed E-state index contributed by atoms with van der Waals surface area (Å²) in [5.41, 5.74) is 0.296. The molecule has 0 unspecified atom stereocenters. The summed E-state index contributed by atoms with van der Waals surface area (Å²) in [5.74, 6) is -0.946. The van der Waals surface area contributed by atoms with Gasteiger partial charge in [-0.15, -0.1) is 0 Å². The van der Waals surface area contributed by atoms with Crippen LogP contribution in [-0.2, 0) is 28.6 Å². The van der Waals surface area contributed by atoms with Crippen LogP contribution >= 0.6 is 0 Å². The summed E-state index contributed by atoms with van der Waals surface area (Å²) < 4.78 is 16.5. The van der Waals surface area contributed by atoms with Crippen LogP contribution in [0.15, 0.2) is 72.4 Å². The van der Waals surface area contributed by atoms with Crippen LogP contribution < -0.4 is 0 Å². The first-order valence-corrected chi connectivity index (χ1v) is 18.0. The Hall–Kier alpha value is -2.95. The summed E-state index contributed by atoms with van der Waals surface area (Å²) in [4.78, 5) is 38.1. The van der Waals surface area contributed by atoms with E-state index >= 15 is 0 Å². The number of hydrogen-bond donors (Lipinski definition) is 3. The van der Waals surface area contributed by atoms with Crippen LogP contribution in [0.25, 0.3) is 0 Å². The van der Waals surface area contributed by atoms with Gasteiger partial charge in [0.2, 0.25) is 0 Å². The number of Topliss-reactive ketones (excluding diaryl/α,β-unsaturated/α-hetero) is 1. The zero-order chi connectivity index (χ0) is 37.7. The standard InChI is InChI=1S/C41H64O9/c1-9-29(2)15-11-10-12-16-30(3)25-32(5)37(45)39(48-8)38(46)33(6)26-31(4)36(44)18-14-13-17-34-19-21-35(22-20-34)49-23-24-50-40(47)41(7,27-42)28-43/h9-12,14-16,18,26,30-32,34-35,38-39,42-43,46H,1,13,17,19-25,27-28H2,2-8H3/b11-10+,16-12+,18-14+,29-15+,33-26+/t30-,31-,32-,34-,35-,38-,39+/m1/s1. The van der Waals surface area contributed by atoms with E-state index in [-0.39, 0.29) is 42.7 Å². The molecule has 282 valence electrons. The fourth-order valence-corrected chi connectivity index (χ4v) is 5.81. The molecule has 1 fully saturated rings. The Morgan fingerprint density at radius 2 is 1.64 bits per heavy atom. The molecule has 0 amide bonds. The summed E-state index contributed by atoms with van der Waals surface area (Å²) in [6.07, 6.45) is 21.1. The number of aliphatic hydroxyl groups is 3. The first-order chi connectivity index (χ1) is 23.7. The van der Waals surface area contributed by atoms with Crippen LogP contribution in [0.5, 0.6) is 0 Å². The second-order valence-electron chi connectivity index (χ2n) is 14.1. The molecule has 0 saturated heterocycles. The van der Waals surface area contributed by atoms with E-state index in [1.165, 1.54) is 14.0 Å². The summed E-state index contributed by atoms with van der Waals surface area (Å²) in [5, 5.41) is 29.6. The molecule has 1 aliphatic rings. The van der Waals surface area contributed by atoms with Crippen molar-refractivity contribution in [2.24, 2.45) is 29.1 Å². The first kappa shape index (κ1) is 45.1. The minimum absolute atomic E-state index is 0.0638. The molecule has 1 saturated carbocycles. The molecule has 0 spiro atoms. The Balaban J connectivity index is 2.48. The molecule has 9 nitrogen and oxygen atoms in total. The van der Waals surface area contributed by atoms with Gasteiger partial charge in [0.25, 0.3) is 0 Å². The van der Waals surface area contributed by atoms with E-state index in [2.05, 4.69) is 6.58 Å². The highest BCUT2D eigenvalue weighted by Crippen LogP contribution is 2.30. The largest absolute Gasteiger partial charge is 0.463 e. The van der Waals surface area contributed by atoms with Crippen LogP contribution in [0.1, 0.15) is 86.5 Å². The summed E-state index contributed by atoms with van der Waals surface area (Å²) in [6.45, 7) is 13.9. The number of aliphatic hydroxyl groups excluding tert-OH is 3. The van der Waals surface area contributed by atoms with Crippen molar-refractivity contribution in [2.75, 3.05) is 33.5 Å². The molecule has 9 heteroatoms. The predicted octanol–water partition coefficient (Wildman–Crippen LogP) is 6.44. The van der Waals surface area contributed by atoms with Gasteiger partial charge in [-0.05, 0) is 89.2 Å². The van der Waals surface area contributed by atoms with Crippen molar-refractivity contribution in [2.45, 2.75) is 105 Å². The fraction of sp³-hybridized carbons (Fsp3) is 0.634. The lowest BCUT2D eigenvalue weighted by atomic mass is 9.84. The predicted molar refractivity (Wildman–Crippen MR) is 198 cm³/mol. The monoisotopic (exact) mass is 700 g/mol. The van der Waals surface area contributed by atoms with Crippen molar-refractivity contribution in [3.8, 4) is 0 Å². The number of ketones is 2. The van der Waals surface area contributed by atoms with E-state index in [1.807, 2.05) is 57.2 Å². The molecule has 1 rings (SSSR count). The number of esters is 1. The average Bonchev–Trinajstić information content (AvgIpc) is 3.11. The van der Waals surface area contributed by atoms with Crippen molar-refractivity contribution in [3.05, 3.63) is 72.4 Å². The van der Waals surface area contributed by atoms with E-state index < -0.39 is 42.7 Å². The number of carbonyl (C=O) groups excluding carboxylic acids is 3. The van der Waals surface area contributed by atoms with E-state index in [9.17, 15) is 29.7 Å². The first-order valence-electron chi connectivity index (χ1n) is 18.0. The highest BCUT2D eigenvalue weighted by molar-refractivity contribution is 5.92. The topological polar surface area (TPSA) is 140 Å². The molecule has 3 N–H and O–H groups in total. The van der Waals surface area contributed by atoms with E-state index in [4.69, 9.17) is 14.2 Å². The second-order valence-corrected chi connectivity index (χ2v) is 14.1. The van der Waals surface area contributed by atoms with Gasteiger partial charge in [-0.3, -0.25) is 14.4 Å². The van der Waals surface area contributed by atoms with Crippen LogP contribution in [0.4, 0.5) is 0 Å². The van der Waals surface area contributed by atoms with E-state index in [0.717, 1.165) is 44.1 Å². The Morgan fingerprint density at radius 1 is 0.980 bits per heavy atom. The van der Waals surface area contributed by atoms with E-state index in [1.54, 1.807) is 32.1 Å². The summed E-state index contributed by atoms with van der Waals surface area (Å²) in [6, 6.07) is 0. The minimum atomic E-state index is -1.31. The zero-order valence-electron chi connectivity index (χ0n) is 31.5. The van der Waals surface area contributed by atoms with Crippen molar-refractivity contribution in [1.82, 2.24) is 0 Å². The smallest absolute Gasteiger partial charge is 0.316 e. The van der Waals surface area contributed by atoms with Crippen molar-refractivity contribution in [1.29, 1.82) is 0 Å². The molecular weight excluding hydrogens is 636 g/mol. The molecule has 5 atom stereocenters. The summed E-state index contributed by atoms with van der Waals surface area (Å²) >= 11 is 0. The lowest BCUT2D eigenvalue weighted by Crippen LogP contribution is -2.40. The molecule has 0 radical (unpaired) electrons. The van der Waals surface area contributed by atoms with Gasteiger partial charge in [-0.25, -0.2) is 0 Å². The number of methoxy groups -OCH3 is 1. The average molecular weight is 701 g/mol. The molecular formula is C41H64O9. The lowest BCUT2D eigenvalue weighted by molar-refractivity contribution is -0.162. The van der Waals surface area contributed by atoms with Crippen LogP contribution in [0.3, 0.4) is 0 Å². The van der Waals surface area contributed by atoms with Crippen molar-refractivity contribution < 1.29 is 43.9 Å². The molecule has 0 bridgehead atoms. The number of rotatable bonds is 24. The van der Waals surface area contributed by atoms with Gasteiger partial charge >= 0.3 is 5.97 Å². The maximum absolute atomic E-state index is 13.2.